The third-order valence-electron chi connectivity index (χ3n) is 5.82. The van der Waals surface area contributed by atoms with E-state index >= 15 is 0 Å². The SMILES string of the molecule is O=C(CCC1CCCC1)N(C/C=C/c1ccccc1)CCN1CCOCC1. The number of rotatable bonds is 9. The first kappa shape index (κ1) is 20.1. The third kappa shape index (κ3) is 7.11. The predicted octanol–water partition coefficient (Wildman–Crippen LogP) is 3.83. The van der Waals surface area contributed by atoms with Crippen LogP contribution in [0.15, 0.2) is 36.4 Å². The smallest absolute Gasteiger partial charge is 0.222 e. The summed E-state index contributed by atoms with van der Waals surface area (Å²) in [4.78, 5) is 17.3. The zero-order valence-corrected chi connectivity index (χ0v) is 16.5. The topological polar surface area (TPSA) is 32.8 Å². The highest BCUT2D eigenvalue weighted by molar-refractivity contribution is 5.76. The molecule has 148 valence electrons. The highest BCUT2D eigenvalue weighted by Crippen LogP contribution is 2.28. The van der Waals surface area contributed by atoms with Gasteiger partial charge in [-0.1, -0.05) is 68.2 Å². The maximum absolute atomic E-state index is 12.9. The minimum Gasteiger partial charge on any atom is -0.379 e. The molecule has 2 aliphatic rings. The number of carbonyl (C=O) groups is 1. The molecule has 4 nitrogen and oxygen atoms in total. The van der Waals surface area contributed by atoms with Gasteiger partial charge in [0.2, 0.25) is 5.91 Å². The first-order valence-electron chi connectivity index (χ1n) is 10.6. The quantitative estimate of drug-likeness (QED) is 0.662. The van der Waals surface area contributed by atoms with Crippen molar-refractivity contribution < 1.29 is 9.53 Å². The number of nitrogens with zero attached hydrogens (tertiary/aromatic N) is 2. The van der Waals surface area contributed by atoms with Gasteiger partial charge in [-0.05, 0) is 17.9 Å². The Labute approximate surface area is 164 Å². The summed E-state index contributed by atoms with van der Waals surface area (Å²) in [6.45, 7) is 6.02. The summed E-state index contributed by atoms with van der Waals surface area (Å²) < 4.78 is 5.43. The maximum Gasteiger partial charge on any atom is 0.222 e. The van der Waals surface area contributed by atoms with Crippen LogP contribution in [0.25, 0.3) is 6.08 Å². The molecule has 1 aromatic carbocycles. The van der Waals surface area contributed by atoms with Crippen LogP contribution in [0, 0.1) is 5.92 Å². The molecule has 27 heavy (non-hydrogen) atoms. The standard InChI is InChI=1S/C23H34N2O2/c26-23(13-12-22-9-4-5-10-22)25(16-15-24-17-19-27-20-18-24)14-6-11-21-7-2-1-3-8-21/h1-3,6-8,11,22H,4-5,9-10,12-20H2/b11-6+. The first-order chi connectivity index (χ1) is 13.3. The second kappa shape index (κ2) is 11.3. The zero-order chi connectivity index (χ0) is 18.7. The van der Waals surface area contributed by atoms with Gasteiger partial charge in [-0.15, -0.1) is 0 Å². The average molecular weight is 371 g/mol. The van der Waals surface area contributed by atoms with Crippen LogP contribution in [0.5, 0.6) is 0 Å². The normalized spacial score (nSPS) is 19.0. The lowest BCUT2D eigenvalue weighted by Crippen LogP contribution is -2.43. The van der Waals surface area contributed by atoms with Crippen molar-refractivity contribution in [1.29, 1.82) is 0 Å². The van der Waals surface area contributed by atoms with E-state index < -0.39 is 0 Å². The van der Waals surface area contributed by atoms with Crippen molar-refractivity contribution in [1.82, 2.24) is 9.80 Å². The van der Waals surface area contributed by atoms with Crippen LogP contribution in [0.1, 0.15) is 44.1 Å². The second-order valence-corrected chi connectivity index (χ2v) is 7.80. The first-order valence-corrected chi connectivity index (χ1v) is 10.6. The number of carbonyl (C=O) groups excluding carboxylic acids is 1. The van der Waals surface area contributed by atoms with E-state index in [-0.39, 0.29) is 0 Å². The van der Waals surface area contributed by atoms with E-state index in [0.29, 0.717) is 18.9 Å². The predicted molar refractivity (Wildman–Crippen MR) is 111 cm³/mol. The second-order valence-electron chi connectivity index (χ2n) is 7.80. The molecule has 1 aliphatic carbocycles. The molecule has 1 heterocycles. The van der Waals surface area contributed by atoms with E-state index in [1.165, 1.54) is 31.2 Å². The molecule has 1 saturated carbocycles. The monoisotopic (exact) mass is 370 g/mol. The van der Waals surface area contributed by atoms with Gasteiger partial charge in [0.15, 0.2) is 0 Å². The molecule has 0 atom stereocenters. The fraction of sp³-hybridized carbons (Fsp3) is 0.609. The molecule has 2 fully saturated rings. The molecule has 0 unspecified atom stereocenters. The molecule has 0 N–H and O–H groups in total. The number of benzene rings is 1. The molecule has 1 amide bonds. The van der Waals surface area contributed by atoms with Gasteiger partial charge in [-0.3, -0.25) is 9.69 Å². The van der Waals surface area contributed by atoms with Gasteiger partial charge >= 0.3 is 0 Å². The van der Waals surface area contributed by atoms with Crippen LogP contribution in [0.3, 0.4) is 0 Å². The Morgan fingerprint density at radius 3 is 2.63 bits per heavy atom. The molecule has 0 aromatic heterocycles. The Kier molecular flexibility index (Phi) is 8.37. The van der Waals surface area contributed by atoms with Crippen LogP contribution < -0.4 is 0 Å². The molecule has 1 saturated heterocycles. The number of hydrogen-bond acceptors (Lipinski definition) is 3. The Morgan fingerprint density at radius 1 is 1.15 bits per heavy atom. The number of ether oxygens (including phenoxy) is 1. The maximum atomic E-state index is 12.9. The van der Waals surface area contributed by atoms with Gasteiger partial charge in [0, 0.05) is 39.1 Å². The van der Waals surface area contributed by atoms with Gasteiger partial charge in [-0.25, -0.2) is 0 Å². The minimum absolute atomic E-state index is 0.313. The minimum atomic E-state index is 0.313. The van der Waals surface area contributed by atoms with Crippen molar-refractivity contribution in [2.24, 2.45) is 5.92 Å². The summed E-state index contributed by atoms with van der Waals surface area (Å²) in [5.41, 5.74) is 1.18. The van der Waals surface area contributed by atoms with Crippen LogP contribution in [0.4, 0.5) is 0 Å². The van der Waals surface area contributed by atoms with Crippen molar-refractivity contribution in [2.45, 2.75) is 38.5 Å². The van der Waals surface area contributed by atoms with Crippen molar-refractivity contribution in [3.05, 3.63) is 42.0 Å². The van der Waals surface area contributed by atoms with Crippen LogP contribution >= 0.6 is 0 Å². The average Bonchev–Trinajstić information content (AvgIpc) is 3.24. The van der Waals surface area contributed by atoms with Crippen molar-refractivity contribution in [2.75, 3.05) is 45.9 Å². The van der Waals surface area contributed by atoms with Crippen LogP contribution in [-0.4, -0.2) is 61.6 Å². The summed E-state index contributed by atoms with van der Waals surface area (Å²) in [7, 11) is 0. The lowest BCUT2D eigenvalue weighted by molar-refractivity contribution is -0.131. The summed E-state index contributed by atoms with van der Waals surface area (Å²) in [5.74, 6) is 1.09. The van der Waals surface area contributed by atoms with Gasteiger partial charge in [0.1, 0.15) is 0 Å². The van der Waals surface area contributed by atoms with Gasteiger partial charge < -0.3 is 9.64 Å². The van der Waals surface area contributed by atoms with E-state index in [1.54, 1.807) is 0 Å². The van der Waals surface area contributed by atoms with Gasteiger partial charge in [0.05, 0.1) is 13.2 Å². The van der Waals surface area contributed by atoms with E-state index in [0.717, 1.165) is 51.7 Å². The van der Waals surface area contributed by atoms with E-state index in [1.807, 2.05) is 23.1 Å². The number of morpholine rings is 1. The number of amides is 1. The van der Waals surface area contributed by atoms with E-state index in [9.17, 15) is 4.79 Å². The van der Waals surface area contributed by atoms with E-state index in [4.69, 9.17) is 4.74 Å². The molecular formula is C23H34N2O2. The highest BCUT2D eigenvalue weighted by atomic mass is 16.5. The molecule has 0 radical (unpaired) electrons. The van der Waals surface area contributed by atoms with Crippen LogP contribution in [-0.2, 0) is 9.53 Å². The Morgan fingerprint density at radius 2 is 1.89 bits per heavy atom. The van der Waals surface area contributed by atoms with Crippen LogP contribution in [0.2, 0.25) is 0 Å². The Bertz CT molecular complexity index is 575. The van der Waals surface area contributed by atoms with E-state index in [2.05, 4.69) is 29.2 Å². The third-order valence-corrected chi connectivity index (χ3v) is 5.82. The molecule has 1 aliphatic heterocycles. The fourth-order valence-corrected chi connectivity index (χ4v) is 4.07. The molecule has 0 bridgehead atoms. The molecule has 3 rings (SSSR count). The zero-order valence-electron chi connectivity index (χ0n) is 16.5. The molecular weight excluding hydrogens is 336 g/mol. The molecule has 4 heteroatoms. The van der Waals surface area contributed by atoms with Crippen molar-refractivity contribution >= 4 is 12.0 Å². The largest absolute Gasteiger partial charge is 0.379 e. The van der Waals surface area contributed by atoms with Crippen molar-refractivity contribution in [3.8, 4) is 0 Å². The highest BCUT2D eigenvalue weighted by Gasteiger charge is 2.19. The van der Waals surface area contributed by atoms with Crippen molar-refractivity contribution in [3.63, 3.8) is 0 Å². The fourth-order valence-electron chi connectivity index (χ4n) is 4.07. The summed E-state index contributed by atoms with van der Waals surface area (Å²) in [6, 6.07) is 10.3. The number of hydrogen-bond donors (Lipinski definition) is 0. The van der Waals surface area contributed by atoms with Gasteiger partial charge in [0.25, 0.3) is 0 Å². The Hall–Kier alpha value is -1.65. The lowest BCUT2D eigenvalue weighted by atomic mass is 10.0. The lowest BCUT2D eigenvalue weighted by Gasteiger charge is -2.30. The summed E-state index contributed by atoms with van der Waals surface area (Å²) >= 11 is 0. The van der Waals surface area contributed by atoms with Gasteiger partial charge in [-0.2, -0.15) is 0 Å². The summed E-state index contributed by atoms with van der Waals surface area (Å²) in [5, 5.41) is 0. The molecule has 0 spiro atoms. The molecule has 1 aromatic rings. The summed E-state index contributed by atoms with van der Waals surface area (Å²) in [6.07, 6.45) is 11.3. The Balaban J connectivity index is 1.51.